The van der Waals surface area contributed by atoms with E-state index in [0.29, 0.717) is 6.54 Å². The van der Waals surface area contributed by atoms with Crippen LogP contribution in [0.3, 0.4) is 0 Å². The van der Waals surface area contributed by atoms with Gasteiger partial charge in [-0.2, -0.15) is 0 Å². The minimum Gasteiger partial charge on any atom is -0.293 e. The van der Waals surface area contributed by atoms with Gasteiger partial charge in [-0.05, 0) is 6.42 Å². The predicted octanol–water partition coefficient (Wildman–Crippen LogP) is -0.667. The summed E-state index contributed by atoms with van der Waals surface area (Å²) in [5, 5.41) is 0. The van der Waals surface area contributed by atoms with Crippen LogP contribution in [0.4, 0.5) is 0 Å². The smallest absolute Gasteiger partial charge is 0.248 e. The largest absolute Gasteiger partial charge is 0.293 e. The van der Waals surface area contributed by atoms with Gasteiger partial charge in [0.15, 0.2) is 0 Å². The van der Waals surface area contributed by atoms with Crippen LogP contribution in [0.1, 0.15) is 6.42 Å². The van der Waals surface area contributed by atoms with E-state index in [9.17, 15) is 4.21 Å². The maximum atomic E-state index is 10.2. The minimum absolute atomic E-state index is 0.670. The van der Waals surface area contributed by atoms with Gasteiger partial charge >= 0.3 is 0 Å². The normalized spacial score (nSPS) is 26.1. The molecule has 0 saturated carbocycles. The van der Waals surface area contributed by atoms with Crippen molar-refractivity contribution in [3.05, 3.63) is 0 Å². The second kappa shape index (κ2) is 2.54. The molecule has 0 amide bonds. The Balaban J connectivity index is 2.35. The molecule has 1 rings (SSSR count). The monoisotopic (exact) mass is 136 g/mol. The topological polar surface area (TPSA) is 52.6 Å². The number of hydrogen-bond acceptors (Lipinski definition) is 2. The zero-order chi connectivity index (χ0) is 5.98. The Morgan fingerprint density at radius 2 is 2.50 bits per heavy atom. The fourth-order valence-electron chi connectivity index (χ4n) is 0.639. The maximum absolute atomic E-state index is 10.2. The molecule has 1 aliphatic heterocycles. The third-order valence-electron chi connectivity index (χ3n) is 1.01. The van der Waals surface area contributed by atoms with Gasteiger partial charge < -0.3 is 0 Å². The van der Waals surface area contributed by atoms with Crippen LogP contribution in [0.15, 0.2) is 0 Å². The highest BCUT2D eigenvalue weighted by molar-refractivity contribution is 7.76. The highest BCUT2D eigenvalue weighted by atomic mass is 32.2. The third-order valence-corrected chi connectivity index (χ3v) is 1.70. The van der Waals surface area contributed by atoms with Crippen LogP contribution in [0, 0.1) is 0 Å². The quantitative estimate of drug-likeness (QED) is 0.470. The van der Waals surface area contributed by atoms with E-state index < -0.39 is 11.3 Å². The molecular weight excluding hydrogens is 128 g/mol. The van der Waals surface area contributed by atoms with Crippen molar-refractivity contribution >= 4 is 11.3 Å². The Hall–Kier alpha value is 0.0300. The highest BCUT2D eigenvalue weighted by Gasteiger charge is 2.14. The molecule has 8 heavy (non-hydrogen) atoms. The summed E-state index contributed by atoms with van der Waals surface area (Å²) in [5.41, 5.74) is 2.74. The lowest BCUT2D eigenvalue weighted by Gasteiger charge is -2.06. The number of nitrogens with one attached hydrogen (secondary N) is 1. The van der Waals surface area contributed by atoms with Crippen molar-refractivity contribution in [1.29, 1.82) is 0 Å². The second-order valence-electron chi connectivity index (χ2n) is 1.59. The molecule has 0 aromatic heterocycles. The first kappa shape index (κ1) is 6.15. The van der Waals surface area contributed by atoms with Gasteiger partial charge in [-0.15, -0.1) is 4.41 Å². The van der Waals surface area contributed by atoms with E-state index in [1.165, 1.54) is 4.41 Å². The van der Waals surface area contributed by atoms with Crippen molar-refractivity contribution in [3.63, 3.8) is 0 Å². The van der Waals surface area contributed by atoms with Gasteiger partial charge in [0.25, 0.3) is 0 Å². The van der Waals surface area contributed by atoms with Crippen molar-refractivity contribution in [2.45, 2.75) is 6.42 Å². The van der Waals surface area contributed by atoms with Crippen LogP contribution in [0.5, 0.6) is 0 Å². The lowest BCUT2D eigenvalue weighted by Crippen LogP contribution is -2.31. The lowest BCUT2D eigenvalue weighted by molar-refractivity contribution is 0.385. The van der Waals surface area contributed by atoms with Crippen LogP contribution in [0.25, 0.3) is 0 Å². The molecule has 0 aliphatic carbocycles. The fourth-order valence-corrected chi connectivity index (χ4v) is 1.13. The van der Waals surface area contributed by atoms with Gasteiger partial charge in [0.05, 0.1) is 0 Å². The van der Waals surface area contributed by atoms with E-state index in [-0.39, 0.29) is 0 Å². The summed E-state index contributed by atoms with van der Waals surface area (Å²) in [6.07, 6.45) is 0.951. The van der Waals surface area contributed by atoms with Crippen molar-refractivity contribution in [3.8, 4) is 0 Å². The zero-order valence-corrected chi connectivity index (χ0v) is 5.15. The van der Waals surface area contributed by atoms with E-state index in [1.54, 1.807) is 0 Å². The molecule has 4 nitrogen and oxygen atoms in total. The summed E-state index contributed by atoms with van der Waals surface area (Å²) in [7, 11) is 0. The van der Waals surface area contributed by atoms with Crippen LogP contribution >= 0.6 is 0 Å². The number of rotatable bonds is 1. The lowest BCUT2D eigenvalue weighted by atomic mass is 10.5. The molecule has 0 spiro atoms. The second-order valence-corrected chi connectivity index (χ2v) is 2.50. The van der Waals surface area contributed by atoms with Crippen molar-refractivity contribution in [2.24, 2.45) is 0 Å². The highest BCUT2D eigenvalue weighted by Crippen LogP contribution is 1.96. The van der Waals surface area contributed by atoms with Gasteiger partial charge in [0.2, 0.25) is 11.3 Å². The van der Waals surface area contributed by atoms with Crippen LogP contribution in [-0.2, 0) is 11.3 Å². The van der Waals surface area contributed by atoms with E-state index in [1.807, 2.05) is 0 Å². The standard InChI is InChI=1S/C3H8N2O2S/c6-8(7)5-3-1-2-4-5/h4H,1-3H2,(H,6,7). The first-order chi connectivity index (χ1) is 3.80. The van der Waals surface area contributed by atoms with E-state index in [4.69, 9.17) is 4.55 Å². The molecular formula is C3H8N2O2S. The molecule has 0 bridgehead atoms. The summed E-state index contributed by atoms with van der Waals surface area (Å²) < 4.78 is 19.9. The molecule has 5 heteroatoms. The zero-order valence-electron chi connectivity index (χ0n) is 4.33. The van der Waals surface area contributed by atoms with E-state index in [2.05, 4.69) is 5.43 Å². The summed E-state index contributed by atoms with van der Waals surface area (Å²) in [5.74, 6) is 0. The summed E-state index contributed by atoms with van der Waals surface area (Å²) in [6.45, 7) is 1.48. The predicted molar refractivity (Wildman–Crippen MR) is 30.1 cm³/mol. The SMILES string of the molecule is O=S(O)N1CCCN1. The number of nitrogens with zero attached hydrogens (tertiary/aromatic N) is 1. The van der Waals surface area contributed by atoms with Gasteiger partial charge in [-0.25, -0.2) is 9.63 Å². The van der Waals surface area contributed by atoms with Crippen LogP contribution in [0.2, 0.25) is 0 Å². The minimum atomic E-state index is -1.82. The maximum Gasteiger partial charge on any atom is 0.248 e. The molecule has 1 unspecified atom stereocenters. The molecule has 2 N–H and O–H groups in total. The van der Waals surface area contributed by atoms with Gasteiger partial charge in [0.1, 0.15) is 0 Å². The molecule has 1 heterocycles. The first-order valence-electron chi connectivity index (χ1n) is 2.43. The first-order valence-corrected chi connectivity index (χ1v) is 3.49. The molecule has 0 radical (unpaired) electrons. The van der Waals surface area contributed by atoms with Crippen molar-refractivity contribution in [1.82, 2.24) is 9.84 Å². The number of hydrogen-bond donors (Lipinski definition) is 2. The fraction of sp³-hybridized carbons (Fsp3) is 1.00. The third kappa shape index (κ3) is 1.25. The molecule has 0 aromatic carbocycles. The van der Waals surface area contributed by atoms with E-state index in [0.717, 1.165) is 13.0 Å². The van der Waals surface area contributed by atoms with Gasteiger partial charge in [-0.3, -0.25) is 4.55 Å². The Morgan fingerprint density at radius 3 is 2.75 bits per heavy atom. The van der Waals surface area contributed by atoms with Gasteiger partial charge in [0, 0.05) is 13.1 Å². The Kier molecular flexibility index (Phi) is 1.95. The Morgan fingerprint density at radius 1 is 1.75 bits per heavy atom. The summed E-state index contributed by atoms with van der Waals surface area (Å²) in [6, 6.07) is 0. The molecule has 1 fully saturated rings. The van der Waals surface area contributed by atoms with Crippen molar-refractivity contribution in [2.75, 3.05) is 13.1 Å². The van der Waals surface area contributed by atoms with Crippen LogP contribution < -0.4 is 5.43 Å². The Bertz CT molecular complexity index is 101. The molecule has 48 valence electrons. The molecule has 0 aromatic rings. The molecule has 1 atom stereocenters. The molecule has 1 saturated heterocycles. The average molecular weight is 136 g/mol. The van der Waals surface area contributed by atoms with E-state index >= 15 is 0 Å². The van der Waals surface area contributed by atoms with Gasteiger partial charge in [-0.1, -0.05) is 0 Å². The number of hydrazine groups is 1. The summed E-state index contributed by atoms with van der Waals surface area (Å²) >= 11 is -1.82. The average Bonchev–Trinajstić information content (AvgIpc) is 2.12. The Labute approximate surface area is 50.3 Å². The molecule has 1 aliphatic rings. The van der Waals surface area contributed by atoms with Crippen molar-refractivity contribution < 1.29 is 8.76 Å². The summed E-state index contributed by atoms with van der Waals surface area (Å²) in [4.78, 5) is 0. The van der Waals surface area contributed by atoms with Crippen LogP contribution in [-0.4, -0.2) is 26.3 Å².